The molecule has 0 spiro atoms. The molecule has 29 heteroatoms. The standard InChI is InChI=1S/2C30H33F2N5O3.C30H31F2N5O2/c2*1-17(2)25-27(23(39)12-13-33-25)37-29-20(28(35-30(37)40)36-14-5-4-8-18(36)3)16-22(32)26(34-29)24-19(10-7-15-38)9-6-11-21(24)31;1-17(2)25-27-23(12-13-33-25)39-15-7-10-19-9-6-11-21(31)24(19)26-22(32)16-20-28(36-14-5-4-8-18(36)3)35-30(38)37(27)29(20)34-26/h2*6,9,11-13,16-18,38H,4-5,7-8,10,14-15H2,1-3H3,(H,33,39);6,9,11-13,16-18H,4-5,7-8,10,14-15H2,1-3H3/t3*18-/m000/s1. The fourth-order valence-corrected chi connectivity index (χ4v) is 17.0. The molecular formula is C90H97F6N15O8. The average molecular weight is 1630 g/mol. The van der Waals surface area contributed by atoms with E-state index in [1.807, 2.05) is 65.2 Å². The van der Waals surface area contributed by atoms with Gasteiger partial charge in [-0.25, -0.2) is 69.4 Å². The number of aliphatic hydroxyl groups is 2. The van der Waals surface area contributed by atoms with Gasteiger partial charge in [-0.2, -0.15) is 15.0 Å². The maximum absolute atomic E-state index is 16.0. The Labute approximate surface area is 682 Å². The molecule has 0 amide bonds. The number of fused-ring (bicyclic) bond motifs is 7. The van der Waals surface area contributed by atoms with Gasteiger partial charge in [0.15, 0.2) is 16.9 Å². The predicted molar refractivity (Wildman–Crippen MR) is 449 cm³/mol. The summed E-state index contributed by atoms with van der Waals surface area (Å²) in [7, 11) is 0. The van der Waals surface area contributed by atoms with Gasteiger partial charge >= 0.3 is 17.1 Å². The van der Waals surface area contributed by atoms with Crippen LogP contribution in [0.4, 0.5) is 43.8 Å². The normalized spacial score (nSPS) is 16.3. The lowest BCUT2D eigenvalue weighted by Crippen LogP contribution is -2.40. The fraction of sp³-hybridized carbons (Fsp3) is 0.400. The maximum Gasteiger partial charge on any atom is 0.356 e. The molecule has 0 aliphatic carbocycles. The van der Waals surface area contributed by atoms with Crippen molar-refractivity contribution in [2.45, 2.75) is 195 Å². The Morgan fingerprint density at radius 3 is 1.23 bits per heavy atom. The second-order valence-electron chi connectivity index (χ2n) is 32.0. The summed E-state index contributed by atoms with van der Waals surface area (Å²) in [6, 6.07) is 22.0. The van der Waals surface area contributed by atoms with E-state index in [0.29, 0.717) is 133 Å². The Kier molecular flexibility index (Phi) is 25.2. The van der Waals surface area contributed by atoms with E-state index in [2.05, 4.69) is 51.7 Å². The number of ether oxygens (including phenoxy) is 1. The molecule has 9 aromatic heterocycles. The molecule has 3 aromatic carbocycles. The summed E-state index contributed by atoms with van der Waals surface area (Å²) >= 11 is 0. The molecule has 23 nitrogen and oxygen atoms in total. The number of nitrogens with zero attached hydrogens (tertiary/aromatic N) is 13. The van der Waals surface area contributed by atoms with E-state index in [1.165, 1.54) is 77.6 Å². The van der Waals surface area contributed by atoms with Crippen molar-refractivity contribution in [3.05, 3.63) is 230 Å². The maximum atomic E-state index is 16.0. The highest BCUT2D eigenvalue weighted by Crippen LogP contribution is 2.42. The third-order valence-electron chi connectivity index (χ3n) is 22.9. The molecule has 2 bridgehead atoms. The number of piperidine rings is 3. The average Bonchev–Trinajstić information content (AvgIpc) is 0.741. The quantitative estimate of drug-likeness (QED) is 0.0654. The van der Waals surface area contributed by atoms with Gasteiger partial charge in [-0.3, -0.25) is 14.6 Å². The summed E-state index contributed by atoms with van der Waals surface area (Å²) in [5.74, 6) is -3.01. The van der Waals surface area contributed by atoms with E-state index in [-0.39, 0.29) is 122 Å². The lowest BCUT2D eigenvalue weighted by Gasteiger charge is -2.35. The second-order valence-corrected chi connectivity index (χ2v) is 32.0. The first-order valence-electron chi connectivity index (χ1n) is 41.1. The number of hydrogen-bond acceptors (Lipinski definition) is 18. The number of pyridine rings is 6. The molecule has 12 aromatic rings. The number of H-pyrrole nitrogens is 2. The highest BCUT2D eigenvalue weighted by atomic mass is 19.1. The first-order valence-corrected chi connectivity index (χ1v) is 41.1. The number of aromatic amines is 2. The molecular weight excluding hydrogens is 1530 g/mol. The van der Waals surface area contributed by atoms with Crippen LogP contribution in [0.5, 0.6) is 5.75 Å². The van der Waals surface area contributed by atoms with Crippen LogP contribution >= 0.6 is 0 Å². The zero-order valence-corrected chi connectivity index (χ0v) is 68.1. The van der Waals surface area contributed by atoms with Gasteiger partial charge < -0.3 is 39.6 Å². The smallest absolute Gasteiger partial charge is 0.356 e. The third kappa shape index (κ3) is 16.5. The number of rotatable bonds is 16. The number of anilines is 3. The van der Waals surface area contributed by atoms with Crippen molar-refractivity contribution in [3.63, 3.8) is 0 Å². The van der Waals surface area contributed by atoms with E-state index in [0.717, 1.165) is 66.9 Å². The van der Waals surface area contributed by atoms with E-state index in [1.54, 1.807) is 36.5 Å². The number of aliphatic hydroxyl groups excluding tert-OH is 2. The van der Waals surface area contributed by atoms with Crippen LogP contribution in [0, 0.1) is 34.9 Å². The summed E-state index contributed by atoms with van der Waals surface area (Å²) < 4.78 is 104. The Bertz CT molecular complexity index is 5920. The van der Waals surface area contributed by atoms with Crippen LogP contribution in [0.2, 0.25) is 0 Å². The van der Waals surface area contributed by atoms with E-state index < -0.39 is 62.8 Å². The minimum Gasteiger partial charge on any atom is -0.491 e. The fourth-order valence-electron chi connectivity index (χ4n) is 17.0. The predicted octanol–water partition coefficient (Wildman–Crippen LogP) is 15.6. The van der Waals surface area contributed by atoms with E-state index >= 15 is 26.3 Å². The van der Waals surface area contributed by atoms with Gasteiger partial charge in [0.2, 0.25) is 10.9 Å². The number of hydrogen-bond donors (Lipinski definition) is 4. The van der Waals surface area contributed by atoms with Crippen LogP contribution in [-0.2, 0) is 19.3 Å². The largest absolute Gasteiger partial charge is 0.491 e. The SMILES string of the molecule is CC(C)c1[nH]ccc(=O)c1-n1c(=O)nc(N2CCCC[C@@H]2C)c2cc(F)c(-c3c(F)cccc3CCCO)nc21.CC(C)c1[nH]ccc(=O)c1-n1c(=O)nc(N2CCCC[C@@H]2C)c2cc(F)c(-c3c(F)cccc3CCCO)nc21.CC(C)c1nccc2c1-n1c(=O)nc(N3CCCC[C@@H]3C)c3cc(F)c(nc31)-c1c(F)cccc1CCCO2. The van der Waals surface area contributed by atoms with Gasteiger partial charge in [0, 0.05) is 116 Å². The summed E-state index contributed by atoms with van der Waals surface area (Å²) in [5.41, 5.74) is 0.544. The molecule has 13 heterocycles. The number of nitrogens with one attached hydrogen (secondary N) is 2. The number of aromatic nitrogens is 12. The van der Waals surface area contributed by atoms with Gasteiger partial charge in [0.05, 0.1) is 28.5 Å². The minimum atomic E-state index is -0.771. The molecule has 0 saturated carbocycles. The Morgan fingerprint density at radius 2 is 0.840 bits per heavy atom. The second kappa shape index (κ2) is 35.8. The van der Waals surface area contributed by atoms with Crippen LogP contribution in [0.3, 0.4) is 0 Å². The molecule has 4 aliphatic rings. The summed E-state index contributed by atoms with van der Waals surface area (Å²) in [5, 5.41) is 19.6. The first kappa shape index (κ1) is 83.8. The van der Waals surface area contributed by atoms with Crippen molar-refractivity contribution >= 4 is 50.6 Å². The van der Waals surface area contributed by atoms with Gasteiger partial charge in [0.1, 0.15) is 92.3 Å². The Morgan fingerprint density at radius 1 is 0.454 bits per heavy atom. The third-order valence-corrected chi connectivity index (χ3v) is 22.9. The zero-order valence-electron chi connectivity index (χ0n) is 68.1. The first-order chi connectivity index (χ1) is 57.3. The van der Waals surface area contributed by atoms with Crippen molar-refractivity contribution < 1.29 is 41.3 Å². The summed E-state index contributed by atoms with van der Waals surface area (Å²) in [4.78, 5) is 112. The number of benzene rings is 3. The van der Waals surface area contributed by atoms with Crippen LogP contribution in [0.1, 0.15) is 191 Å². The van der Waals surface area contributed by atoms with Crippen LogP contribution in [0.15, 0.2) is 134 Å². The lowest BCUT2D eigenvalue weighted by molar-refractivity contribution is 0.288. The van der Waals surface area contributed by atoms with Gasteiger partial charge in [-0.15, -0.1) is 0 Å². The summed E-state index contributed by atoms with van der Waals surface area (Å²) in [6.07, 6.45) is 15.6. The molecule has 4 aliphatic heterocycles. The lowest BCUT2D eigenvalue weighted by atomic mass is 9.98. The van der Waals surface area contributed by atoms with Crippen LogP contribution in [-0.4, -0.2) is 126 Å². The van der Waals surface area contributed by atoms with Crippen molar-refractivity contribution in [2.24, 2.45) is 0 Å². The van der Waals surface area contributed by atoms with E-state index in [9.17, 15) is 34.2 Å². The Balaban J connectivity index is 0.000000146. The van der Waals surface area contributed by atoms with Crippen molar-refractivity contribution in [2.75, 3.05) is 54.2 Å². The monoisotopic (exact) mass is 1630 g/mol. The molecule has 622 valence electrons. The van der Waals surface area contributed by atoms with Gasteiger partial charge in [-0.05, 0) is 188 Å². The van der Waals surface area contributed by atoms with Gasteiger partial charge in [0.25, 0.3) is 0 Å². The molecule has 3 fully saturated rings. The molecule has 16 rings (SSSR count). The van der Waals surface area contributed by atoms with Crippen molar-refractivity contribution in [1.82, 2.24) is 58.6 Å². The van der Waals surface area contributed by atoms with Crippen LogP contribution in [0.25, 0.3) is 83.9 Å². The highest BCUT2D eigenvalue weighted by molar-refractivity contribution is 5.93. The highest BCUT2D eigenvalue weighted by Gasteiger charge is 2.34. The van der Waals surface area contributed by atoms with Crippen LogP contribution < -0.4 is 47.4 Å². The Hall–Kier alpha value is -11.7. The molecule has 3 saturated heterocycles. The zero-order chi connectivity index (χ0) is 84.4. The number of aryl methyl sites for hydroxylation is 3. The molecule has 119 heavy (non-hydrogen) atoms. The van der Waals surface area contributed by atoms with Gasteiger partial charge in [-0.1, -0.05) is 77.9 Å². The van der Waals surface area contributed by atoms with E-state index in [4.69, 9.17) is 9.72 Å². The molecule has 0 unspecified atom stereocenters. The molecule has 0 radical (unpaired) electrons. The summed E-state index contributed by atoms with van der Waals surface area (Å²) in [6.45, 7) is 19.7. The molecule has 3 atom stereocenters. The topological polar surface area (TPSA) is 281 Å². The number of halogens is 6. The van der Waals surface area contributed by atoms with Crippen molar-refractivity contribution in [3.8, 4) is 56.6 Å². The van der Waals surface area contributed by atoms with Crippen molar-refractivity contribution in [1.29, 1.82) is 0 Å². The minimum absolute atomic E-state index is 0.0270. The molecule has 4 N–H and O–H groups in total.